The second-order valence-corrected chi connectivity index (χ2v) is 12.8. The minimum atomic E-state index is -3.57. The van der Waals surface area contributed by atoms with Gasteiger partial charge < -0.3 is 10.2 Å². The van der Waals surface area contributed by atoms with E-state index < -0.39 is 16.1 Å². The topological polar surface area (TPSA) is 86.8 Å². The van der Waals surface area contributed by atoms with Crippen LogP contribution >= 0.6 is 15.9 Å². The minimum absolute atomic E-state index is 0.0928. The van der Waals surface area contributed by atoms with Crippen LogP contribution in [0.15, 0.2) is 77.3 Å². The summed E-state index contributed by atoms with van der Waals surface area (Å²) in [5, 5.41) is 2.90. The zero-order chi connectivity index (χ0) is 29.3. The summed E-state index contributed by atoms with van der Waals surface area (Å²) in [7, 11) is -3.57. The van der Waals surface area contributed by atoms with Crippen molar-refractivity contribution in [3.63, 3.8) is 0 Å². The number of hydrogen-bond acceptors (Lipinski definition) is 4. The van der Waals surface area contributed by atoms with Gasteiger partial charge in [-0.2, -0.15) is 0 Å². The van der Waals surface area contributed by atoms with E-state index in [2.05, 4.69) is 21.2 Å². The first-order valence-electron chi connectivity index (χ1n) is 13.4. The predicted octanol–water partition coefficient (Wildman–Crippen LogP) is 5.39. The van der Waals surface area contributed by atoms with E-state index in [0.717, 1.165) is 26.7 Å². The van der Waals surface area contributed by atoms with Crippen LogP contribution in [0.1, 0.15) is 42.0 Å². The van der Waals surface area contributed by atoms with E-state index in [1.807, 2.05) is 93.6 Å². The maximum Gasteiger partial charge on any atom is 0.243 e. The molecule has 214 valence electrons. The number of nitrogens with zero attached hydrogens (tertiary/aromatic N) is 2. The SMILES string of the molecule is CCNC(=O)[C@H](Cc1ccccc1)N(Cc1cccc(Br)c1)C(=O)CCCN(c1cc(C)ccc1C)S(C)(=O)=O. The van der Waals surface area contributed by atoms with E-state index in [9.17, 15) is 18.0 Å². The monoisotopic (exact) mass is 627 g/mol. The largest absolute Gasteiger partial charge is 0.355 e. The number of benzene rings is 3. The number of halogens is 1. The van der Waals surface area contributed by atoms with Gasteiger partial charge in [-0.1, -0.05) is 70.5 Å². The van der Waals surface area contributed by atoms with Crippen LogP contribution in [-0.2, 0) is 32.6 Å². The molecule has 0 fully saturated rings. The van der Waals surface area contributed by atoms with Crippen LogP contribution in [0.3, 0.4) is 0 Å². The molecule has 2 amide bonds. The number of sulfonamides is 1. The molecule has 1 N–H and O–H groups in total. The highest BCUT2D eigenvalue weighted by atomic mass is 79.9. The van der Waals surface area contributed by atoms with Gasteiger partial charge in [-0.05, 0) is 67.6 Å². The Kier molecular flexibility index (Phi) is 11.3. The van der Waals surface area contributed by atoms with Crippen molar-refractivity contribution in [2.75, 3.05) is 23.7 Å². The molecular weight excluding hydrogens is 590 g/mol. The fourth-order valence-electron chi connectivity index (χ4n) is 4.65. The van der Waals surface area contributed by atoms with Gasteiger partial charge in [0.2, 0.25) is 21.8 Å². The number of nitrogens with one attached hydrogen (secondary N) is 1. The average Bonchev–Trinajstić information content (AvgIpc) is 2.90. The smallest absolute Gasteiger partial charge is 0.243 e. The number of carbonyl (C=O) groups excluding carboxylic acids is 2. The summed E-state index contributed by atoms with van der Waals surface area (Å²) < 4.78 is 27.7. The summed E-state index contributed by atoms with van der Waals surface area (Å²) in [5.41, 5.74) is 4.25. The lowest BCUT2D eigenvalue weighted by atomic mass is 10.0. The Labute approximate surface area is 246 Å². The molecule has 7 nitrogen and oxygen atoms in total. The van der Waals surface area contributed by atoms with Gasteiger partial charge >= 0.3 is 0 Å². The summed E-state index contributed by atoms with van der Waals surface area (Å²) in [6.45, 7) is 6.50. The van der Waals surface area contributed by atoms with Crippen LogP contribution in [0.25, 0.3) is 0 Å². The van der Waals surface area contributed by atoms with Crippen molar-refractivity contribution in [3.8, 4) is 0 Å². The Bertz CT molecular complexity index is 1410. The Balaban J connectivity index is 1.88. The molecule has 0 bridgehead atoms. The lowest BCUT2D eigenvalue weighted by Crippen LogP contribution is -2.50. The molecule has 0 aromatic heterocycles. The first kappa shape index (κ1) is 31.4. The lowest BCUT2D eigenvalue weighted by molar-refractivity contribution is -0.141. The van der Waals surface area contributed by atoms with Gasteiger partial charge in [0.05, 0.1) is 11.9 Å². The molecule has 3 aromatic carbocycles. The highest BCUT2D eigenvalue weighted by Gasteiger charge is 2.30. The molecule has 0 radical (unpaired) electrons. The molecule has 9 heteroatoms. The summed E-state index contributed by atoms with van der Waals surface area (Å²) in [4.78, 5) is 28.8. The summed E-state index contributed by atoms with van der Waals surface area (Å²) in [6, 6.07) is 22.3. The number of rotatable bonds is 13. The van der Waals surface area contributed by atoms with Crippen LogP contribution < -0.4 is 9.62 Å². The molecule has 40 heavy (non-hydrogen) atoms. The van der Waals surface area contributed by atoms with Crippen molar-refractivity contribution in [2.45, 2.75) is 52.6 Å². The van der Waals surface area contributed by atoms with Gasteiger partial charge in [0, 0.05) is 36.9 Å². The molecule has 0 unspecified atom stereocenters. The molecule has 0 spiro atoms. The van der Waals surface area contributed by atoms with Gasteiger partial charge in [-0.25, -0.2) is 8.42 Å². The van der Waals surface area contributed by atoms with E-state index in [1.165, 1.54) is 10.6 Å². The average molecular weight is 629 g/mol. The maximum absolute atomic E-state index is 13.8. The highest BCUT2D eigenvalue weighted by molar-refractivity contribution is 9.10. The number of anilines is 1. The second-order valence-electron chi connectivity index (χ2n) is 9.98. The van der Waals surface area contributed by atoms with Gasteiger partial charge in [0.1, 0.15) is 6.04 Å². The van der Waals surface area contributed by atoms with Crippen molar-refractivity contribution in [3.05, 3.63) is 99.5 Å². The van der Waals surface area contributed by atoms with Crippen molar-refractivity contribution < 1.29 is 18.0 Å². The zero-order valence-corrected chi connectivity index (χ0v) is 26.0. The third kappa shape index (κ3) is 8.93. The van der Waals surface area contributed by atoms with Gasteiger partial charge in [0.25, 0.3) is 0 Å². The molecule has 3 aromatic rings. The van der Waals surface area contributed by atoms with Crippen LogP contribution in [0, 0.1) is 13.8 Å². The molecule has 0 saturated carbocycles. The van der Waals surface area contributed by atoms with Crippen LogP contribution in [0.4, 0.5) is 5.69 Å². The minimum Gasteiger partial charge on any atom is -0.355 e. The summed E-state index contributed by atoms with van der Waals surface area (Å²) in [5.74, 6) is -0.426. The second kappa shape index (κ2) is 14.5. The predicted molar refractivity (Wildman–Crippen MR) is 165 cm³/mol. The van der Waals surface area contributed by atoms with E-state index in [-0.39, 0.29) is 31.3 Å². The standard InChI is InChI=1S/C31H38BrN3O4S/c1-5-33-31(37)29(21-25-11-7-6-8-12-25)34(22-26-13-9-14-27(32)20-26)30(36)15-10-18-35(40(4,38)39)28-19-23(2)16-17-24(28)3/h6-9,11-14,16-17,19-20,29H,5,10,15,18,21-22H2,1-4H3,(H,33,37)/t29-/m0/s1. The first-order chi connectivity index (χ1) is 19.0. The third-order valence-electron chi connectivity index (χ3n) is 6.65. The molecule has 0 saturated heterocycles. The van der Waals surface area contributed by atoms with E-state index in [0.29, 0.717) is 25.1 Å². The van der Waals surface area contributed by atoms with E-state index in [1.54, 1.807) is 4.90 Å². The normalized spacial score (nSPS) is 12.0. The summed E-state index contributed by atoms with van der Waals surface area (Å²) >= 11 is 3.50. The Morgan fingerprint density at radius 1 is 0.950 bits per heavy atom. The quantitative estimate of drug-likeness (QED) is 0.275. The molecule has 0 aliphatic heterocycles. The Morgan fingerprint density at radius 2 is 1.65 bits per heavy atom. The number of hydrogen-bond donors (Lipinski definition) is 1. The first-order valence-corrected chi connectivity index (χ1v) is 16.0. The fraction of sp³-hybridized carbons (Fsp3) is 0.355. The molecule has 0 aliphatic rings. The third-order valence-corrected chi connectivity index (χ3v) is 8.32. The van der Waals surface area contributed by atoms with Crippen LogP contribution in [-0.4, -0.2) is 50.5 Å². The Morgan fingerprint density at radius 3 is 2.30 bits per heavy atom. The van der Waals surface area contributed by atoms with Crippen molar-refractivity contribution in [1.29, 1.82) is 0 Å². The molecular formula is C31H38BrN3O4S. The summed E-state index contributed by atoms with van der Waals surface area (Å²) in [6.07, 6.45) is 1.95. The van der Waals surface area contributed by atoms with Crippen molar-refractivity contribution >= 4 is 43.5 Å². The Hall–Kier alpha value is -3.17. The van der Waals surface area contributed by atoms with Gasteiger partial charge in [-0.3, -0.25) is 13.9 Å². The molecule has 3 rings (SSSR count). The van der Waals surface area contributed by atoms with Gasteiger partial charge in [-0.15, -0.1) is 0 Å². The van der Waals surface area contributed by atoms with Crippen molar-refractivity contribution in [2.24, 2.45) is 0 Å². The lowest BCUT2D eigenvalue weighted by Gasteiger charge is -2.32. The molecule has 1 atom stereocenters. The van der Waals surface area contributed by atoms with Crippen LogP contribution in [0.2, 0.25) is 0 Å². The molecule has 0 aliphatic carbocycles. The number of likely N-dealkylation sites (N-methyl/N-ethyl adjacent to an activating group) is 1. The molecule has 0 heterocycles. The van der Waals surface area contributed by atoms with E-state index >= 15 is 0 Å². The van der Waals surface area contributed by atoms with E-state index in [4.69, 9.17) is 0 Å². The highest BCUT2D eigenvalue weighted by Crippen LogP contribution is 2.25. The maximum atomic E-state index is 13.8. The van der Waals surface area contributed by atoms with Crippen molar-refractivity contribution in [1.82, 2.24) is 10.2 Å². The zero-order valence-electron chi connectivity index (χ0n) is 23.6. The number of carbonyl (C=O) groups is 2. The number of aryl methyl sites for hydroxylation is 2. The van der Waals surface area contributed by atoms with Gasteiger partial charge in [0.15, 0.2) is 0 Å². The number of amides is 2. The fourth-order valence-corrected chi connectivity index (χ4v) is 6.11. The van der Waals surface area contributed by atoms with Crippen LogP contribution in [0.5, 0.6) is 0 Å².